The van der Waals surface area contributed by atoms with Crippen LogP contribution in [-0.2, 0) is 9.59 Å². The van der Waals surface area contributed by atoms with Gasteiger partial charge in [-0.1, -0.05) is 30.3 Å². The minimum absolute atomic E-state index is 0.210. The number of hydrazone groups is 1. The van der Waals surface area contributed by atoms with Crippen molar-refractivity contribution < 1.29 is 14.0 Å². The van der Waals surface area contributed by atoms with Crippen molar-refractivity contribution in [2.45, 2.75) is 6.92 Å². The van der Waals surface area contributed by atoms with Gasteiger partial charge in [0.25, 0.3) is 0 Å². The van der Waals surface area contributed by atoms with E-state index in [1.54, 1.807) is 30.3 Å². The van der Waals surface area contributed by atoms with E-state index >= 15 is 0 Å². The molecule has 0 spiro atoms. The van der Waals surface area contributed by atoms with Gasteiger partial charge in [0.05, 0.1) is 6.21 Å². The normalized spacial score (nSPS) is 10.5. The number of carbonyl (C=O) groups excluding carboxylic acids is 2. The van der Waals surface area contributed by atoms with Crippen molar-refractivity contribution in [2.75, 3.05) is 5.32 Å². The van der Waals surface area contributed by atoms with E-state index in [2.05, 4.69) is 10.4 Å². The molecule has 2 aromatic rings. The average Bonchev–Trinajstić information content (AvgIpc) is 2.49. The summed E-state index contributed by atoms with van der Waals surface area (Å²) >= 11 is 0. The van der Waals surface area contributed by atoms with E-state index in [0.717, 1.165) is 11.8 Å². The highest BCUT2D eigenvalue weighted by atomic mass is 19.1. The monoisotopic (exact) mass is 299 g/mol. The van der Waals surface area contributed by atoms with Crippen LogP contribution in [0.25, 0.3) is 0 Å². The van der Waals surface area contributed by atoms with Gasteiger partial charge < -0.3 is 5.32 Å². The van der Waals surface area contributed by atoms with Gasteiger partial charge >= 0.3 is 11.8 Å². The lowest BCUT2D eigenvalue weighted by Gasteiger charge is -2.04. The molecule has 6 heteroatoms. The first-order chi connectivity index (χ1) is 10.6. The molecule has 0 aliphatic rings. The second-order valence-corrected chi connectivity index (χ2v) is 4.54. The van der Waals surface area contributed by atoms with Gasteiger partial charge in [-0.15, -0.1) is 0 Å². The van der Waals surface area contributed by atoms with E-state index in [4.69, 9.17) is 0 Å². The maximum Gasteiger partial charge on any atom is 0.329 e. The van der Waals surface area contributed by atoms with Crippen LogP contribution in [0.15, 0.2) is 53.6 Å². The zero-order valence-electron chi connectivity index (χ0n) is 11.8. The number of anilines is 1. The number of nitrogens with zero attached hydrogens (tertiary/aromatic N) is 1. The smallest absolute Gasteiger partial charge is 0.318 e. The maximum atomic E-state index is 13.3. The third-order valence-electron chi connectivity index (χ3n) is 2.76. The van der Waals surface area contributed by atoms with Crippen LogP contribution in [0.3, 0.4) is 0 Å². The highest BCUT2D eigenvalue weighted by molar-refractivity contribution is 6.39. The zero-order chi connectivity index (χ0) is 15.9. The zero-order valence-corrected chi connectivity index (χ0v) is 11.8. The Labute approximate surface area is 126 Å². The summed E-state index contributed by atoms with van der Waals surface area (Å²) in [5, 5.41) is 6.00. The van der Waals surface area contributed by atoms with Gasteiger partial charge in [0.1, 0.15) is 5.82 Å². The van der Waals surface area contributed by atoms with Crippen LogP contribution in [0.5, 0.6) is 0 Å². The van der Waals surface area contributed by atoms with E-state index < -0.39 is 17.6 Å². The SMILES string of the molecule is Cc1cccc(NC(=O)C(=O)NN=Cc2ccccc2F)c1. The number of hydrogen-bond acceptors (Lipinski definition) is 3. The molecule has 0 fully saturated rings. The fourth-order valence-corrected chi connectivity index (χ4v) is 1.70. The third-order valence-corrected chi connectivity index (χ3v) is 2.76. The molecule has 0 aromatic heterocycles. The molecule has 2 aromatic carbocycles. The van der Waals surface area contributed by atoms with Crippen molar-refractivity contribution in [3.8, 4) is 0 Å². The van der Waals surface area contributed by atoms with Crippen molar-refractivity contribution in [3.05, 3.63) is 65.5 Å². The van der Waals surface area contributed by atoms with E-state index in [0.29, 0.717) is 5.69 Å². The molecule has 2 N–H and O–H groups in total. The molecule has 2 amide bonds. The van der Waals surface area contributed by atoms with Crippen molar-refractivity contribution in [2.24, 2.45) is 5.10 Å². The highest BCUT2D eigenvalue weighted by Crippen LogP contribution is 2.09. The Morgan fingerprint density at radius 3 is 2.59 bits per heavy atom. The average molecular weight is 299 g/mol. The number of halogens is 1. The van der Waals surface area contributed by atoms with Crippen LogP contribution in [0.2, 0.25) is 0 Å². The number of amides is 2. The summed E-state index contributed by atoms with van der Waals surface area (Å²) in [5.74, 6) is -2.25. The van der Waals surface area contributed by atoms with Crippen LogP contribution in [0.4, 0.5) is 10.1 Å². The van der Waals surface area contributed by atoms with E-state index in [9.17, 15) is 14.0 Å². The van der Waals surface area contributed by atoms with Crippen LogP contribution in [0, 0.1) is 12.7 Å². The molecule has 0 saturated carbocycles. The molecular formula is C16H14FN3O2. The van der Waals surface area contributed by atoms with Gasteiger partial charge in [-0.25, -0.2) is 9.82 Å². The fraction of sp³-hybridized carbons (Fsp3) is 0.0625. The molecule has 22 heavy (non-hydrogen) atoms. The molecule has 0 aliphatic heterocycles. The third kappa shape index (κ3) is 4.24. The largest absolute Gasteiger partial charge is 0.329 e. The first-order valence-corrected chi connectivity index (χ1v) is 6.52. The molecule has 0 saturated heterocycles. The lowest BCUT2D eigenvalue weighted by molar-refractivity contribution is -0.136. The number of hydrogen-bond donors (Lipinski definition) is 2. The van der Waals surface area contributed by atoms with Crippen LogP contribution >= 0.6 is 0 Å². The Kier molecular flexibility index (Phi) is 4.98. The Balaban J connectivity index is 1.92. The second kappa shape index (κ2) is 7.12. The number of benzene rings is 2. The summed E-state index contributed by atoms with van der Waals surface area (Å²) in [6.45, 7) is 1.87. The van der Waals surface area contributed by atoms with Crippen molar-refractivity contribution >= 4 is 23.7 Å². The van der Waals surface area contributed by atoms with Crippen molar-refractivity contribution in [1.29, 1.82) is 0 Å². The highest BCUT2D eigenvalue weighted by Gasteiger charge is 2.12. The molecular weight excluding hydrogens is 285 g/mol. The van der Waals surface area contributed by atoms with Gasteiger partial charge in [0.2, 0.25) is 0 Å². The molecule has 0 radical (unpaired) electrons. The molecule has 112 valence electrons. The van der Waals surface area contributed by atoms with E-state index in [1.807, 2.05) is 18.4 Å². The number of carbonyl (C=O) groups is 2. The summed E-state index contributed by atoms with van der Waals surface area (Å²) in [7, 11) is 0. The van der Waals surface area contributed by atoms with Gasteiger partial charge in [-0.2, -0.15) is 5.10 Å². The Morgan fingerprint density at radius 1 is 1.09 bits per heavy atom. The molecule has 0 bridgehead atoms. The van der Waals surface area contributed by atoms with Gasteiger partial charge in [0, 0.05) is 11.3 Å². The second-order valence-electron chi connectivity index (χ2n) is 4.54. The van der Waals surface area contributed by atoms with E-state index in [1.165, 1.54) is 12.1 Å². The number of rotatable bonds is 3. The maximum absolute atomic E-state index is 13.3. The summed E-state index contributed by atoms with van der Waals surface area (Å²) in [6.07, 6.45) is 1.13. The van der Waals surface area contributed by atoms with Crippen LogP contribution in [0.1, 0.15) is 11.1 Å². The Hall–Kier alpha value is -3.02. The quantitative estimate of drug-likeness (QED) is 0.518. The Bertz CT molecular complexity index is 729. The number of nitrogens with one attached hydrogen (secondary N) is 2. The predicted octanol–water partition coefficient (Wildman–Crippen LogP) is 2.22. The van der Waals surface area contributed by atoms with Crippen molar-refractivity contribution in [1.82, 2.24) is 5.43 Å². The molecule has 2 rings (SSSR count). The fourth-order valence-electron chi connectivity index (χ4n) is 1.70. The van der Waals surface area contributed by atoms with Crippen LogP contribution in [-0.4, -0.2) is 18.0 Å². The predicted molar refractivity (Wildman–Crippen MR) is 81.9 cm³/mol. The van der Waals surface area contributed by atoms with Crippen LogP contribution < -0.4 is 10.7 Å². The molecule has 5 nitrogen and oxygen atoms in total. The summed E-state index contributed by atoms with van der Waals surface area (Å²) in [5.41, 5.74) is 3.72. The lowest BCUT2D eigenvalue weighted by Crippen LogP contribution is -2.32. The van der Waals surface area contributed by atoms with Gasteiger partial charge in [0.15, 0.2) is 0 Å². The molecule has 0 atom stereocenters. The summed E-state index contributed by atoms with van der Waals surface area (Å²) in [4.78, 5) is 23.2. The Morgan fingerprint density at radius 2 is 1.86 bits per heavy atom. The van der Waals surface area contributed by atoms with Crippen molar-refractivity contribution in [3.63, 3.8) is 0 Å². The van der Waals surface area contributed by atoms with E-state index in [-0.39, 0.29) is 5.56 Å². The molecule has 0 aliphatic carbocycles. The van der Waals surface area contributed by atoms with Gasteiger partial charge in [-0.05, 0) is 30.7 Å². The molecule has 0 heterocycles. The summed E-state index contributed by atoms with van der Waals surface area (Å²) in [6, 6.07) is 13.0. The topological polar surface area (TPSA) is 70.6 Å². The standard InChI is InChI=1S/C16H14FN3O2/c1-11-5-4-7-13(9-11)19-15(21)16(22)20-18-10-12-6-2-3-8-14(12)17/h2-10H,1H3,(H,19,21)(H,20,22). The number of aryl methyl sites for hydroxylation is 1. The minimum Gasteiger partial charge on any atom is -0.318 e. The summed E-state index contributed by atoms with van der Waals surface area (Å²) < 4.78 is 13.3. The first kappa shape index (κ1) is 15.4. The minimum atomic E-state index is -0.936. The van der Waals surface area contributed by atoms with Gasteiger partial charge in [-0.3, -0.25) is 9.59 Å². The lowest BCUT2D eigenvalue weighted by atomic mass is 10.2. The first-order valence-electron chi connectivity index (χ1n) is 6.52. The molecule has 0 unspecified atom stereocenters.